The van der Waals surface area contributed by atoms with E-state index in [-0.39, 0.29) is 0 Å². The second kappa shape index (κ2) is 5.17. The Balaban J connectivity index is 2.02. The maximum absolute atomic E-state index is 4.86. The molecule has 1 aromatic rings. The van der Waals surface area contributed by atoms with Gasteiger partial charge in [-0.25, -0.2) is 0 Å². The largest absolute Gasteiger partial charge is 0.279 e. The minimum atomic E-state index is 0.787. The van der Waals surface area contributed by atoms with Crippen LogP contribution in [0.3, 0.4) is 0 Å². The Morgan fingerprint density at radius 1 is 1.07 bits per heavy atom. The van der Waals surface area contributed by atoms with E-state index < -0.39 is 0 Å². The van der Waals surface area contributed by atoms with Crippen molar-refractivity contribution in [3.63, 3.8) is 0 Å². The van der Waals surface area contributed by atoms with Crippen LogP contribution in [-0.4, -0.2) is 7.11 Å². The minimum absolute atomic E-state index is 0.787. The number of benzene rings is 1. The van der Waals surface area contributed by atoms with Crippen molar-refractivity contribution in [2.75, 3.05) is 12.6 Å². The monoisotopic (exact) mass is 205 g/mol. The molecule has 1 aromatic carbocycles. The first-order valence-corrected chi connectivity index (χ1v) is 5.79. The summed E-state index contributed by atoms with van der Waals surface area (Å²) in [6.07, 6.45) is 6.92. The predicted octanol–water partition coefficient (Wildman–Crippen LogP) is 3.71. The first kappa shape index (κ1) is 10.5. The number of hydrogen-bond donors (Lipinski definition) is 1. The summed E-state index contributed by atoms with van der Waals surface area (Å²) in [6.45, 7) is 0. The number of anilines is 1. The van der Waals surface area contributed by atoms with E-state index in [1.54, 1.807) is 7.11 Å². The third kappa shape index (κ3) is 2.72. The quantitative estimate of drug-likeness (QED) is 0.759. The lowest BCUT2D eigenvalue weighted by Gasteiger charge is -2.22. The first-order valence-electron chi connectivity index (χ1n) is 5.79. The van der Waals surface area contributed by atoms with Crippen molar-refractivity contribution in [2.45, 2.75) is 38.0 Å². The third-order valence-electron chi connectivity index (χ3n) is 3.21. The summed E-state index contributed by atoms with van der Waals surface area (Å²) in [5.74, 6) is 0.787. The Bertz CT molecular complexity index is 288. The number of hydrogen-bond acceptors (Lipinski definition) is 2. The molecule has 0 saturated heterocycles. The van der Waals surface area contributed by atoms with E-state index in [2.05, 4.69) is 29.7 Å². The average Bonchev–Trinajstić information content (AvgIpc) is 2.32. The van der Waals surface area contributed by atoms with Crippen LogP contribution in [0.15, 0.2) is 24.3 Å². The van der Waals surface area contributed by atoms with E-state index in [0.29, 0.717) is 0 Å². The molecule has 0 amide bonds. The van der Waals surface area contributed by atoms with E-state index in [1.807, 2.05) is 0 Å². The van der Waals surface area contributed by atoms with E-state index in [4.69, 9.17) is 4.84 Å². The predicted molar refractivity (Wildman–Crippen MR) is 62.9 cm³/mol. The van der Waals surface area contributed by atoms with Gasteiger partial charge in [0.25, 0.3) is 0 Å². The Labute approximate surface area is 91.6 Å². The molecule has 1 saturated carbocycles. The van der Waals surface area contributed by atoms with Gasteiger partial charge in [0.15, 0.2) is 0 Å². The lowest BCUT2D eigenvalue weighted by molar-refractivity contribution is 0.271. The maximum Gasteiger partial charge on any atom is 0.0636 e. The van der Waals surface area contributed by atoms with Gasteiger partial charge in [0.05, 0.1) is 12.8 Å². The average molecular weight is 205 g/mol. The molecule has 15 heavy (non-hydrogen) atoms. The van der Waals surface area contributed by atoms with Crippen molar-refractivity contribution in [2.24, 2.45) is 0 Å². The molecule has 0 atom stereocenters. The molecule has 1 aliphatic carbocycles. The molecule has 0 unspecified atom stereocenters. The van der Waals surface area contributed by atoms with Gasteiger partial charge in [-0.3, -0.25) is 10.3 Å². The Hall–Kier alpha value is -1.02. The molecule has 2 nitrogen and oxygen atoms in total. The van der Waals surface area contributed by atoms with Crippen LogP contribution < -0.4 is 5.48 Å². The van der Waals surface area contributed by atoms with Crippen LogP contribution in [0, 0.1) is 0 Å². The Morgan fingerprint density at radius 3 is 2.33 bits per heavy atom. The molecule has 0 aliphatic heterocycles. The molecule has 1 fully saturated rings. The smallest absolute Gasteiger partial charge is 0.0636 e. The van der Waals surface area contributed by atoms with E-state index in [0.717, 1.165) is 11.6 Å². The van der Waals surface area contributed by atoms with E-state index >= 15 is 0 Å². The lowest BCUT2D eigenvalue weighted by Crippen LogP contribution is -2.04. The molecular formula is C13H19NO. The molecular weight excluding hydrogens is 186 g/mol. The van der Waals surface area contributed by atoms with Crippen molar-refractivity contribution in [3.05, 3.63) is 29.8 Å². The van der Waals surface area contributed by atoms with Gasteiger partial charge in [-0.1, -0.05) is 31.4 Å². The fourth-order valence-electron chi connectivity index (χ4n) is 2.38. The second-order valence-corrected chi connectivity index (χ2v) is 4.26. The molecule has 2 heteroatoms. The highest BCUT2D eigenvalue weighted by Crippen LogP contribution is 2.32. The highest BCUT2D eigenvalue weighted by Gasteiger charge is 2.14. The van der Waals surface area contributed by atoms with Crippen LogP contribution in [-0.2, 0) is 4.84 Å². The fraction of sp³-hybridized carbons (Fsp3) is 0.538. The molecule has 1 N–H and O–H groups in total. The number of nitrogens with one attached hydrogen (secondary N) is 1. The van der Waals surface area contributed by atoms with E-state index in [9.17, 15) is 0 Å². The minimum Gasteiger partial charge on any atom is -0.279 e. The Kier molecular flexibility index (Phi) is 3.62. The zero-order valence-corrected chi connectivity index (χ0v) is 9.33. The molecule has 0 spiro atoms. The molecule has 0 aromatic heterocycles. The van der Waals surface area contributed by atoms with Gasteiger partial charge in [-0.05, 0) is 36.5 Å². The van der Waals surface area contributed by atoms with Gasteiger partial charge in [-0.2, -0.15) is 0 Å². The molecule has 0 radical (unpaired) electrons. The summed E-state index contributed by atoms with van der Waals surface area (Å²) in [7, 11) is 1.63. The molecule has 0 bridgehead atoms. The van der Waals surface area contributed by atoms with Crippen LogP contribution in [0.1, 0.15) is 43.6 Å². The zero-order valence-electron chi connectivity index (χ0n) is 9.33. The standard InChI is InChI=1S/C13H19NO/c1-15-14-13-9-7-12(8-10-13)11-5-3-2-4-6-11/h7-11,14H,2-6H2,1H3. The van der Waals surface area contributed by atoms with Gasteiger partial charge in [-0.15, -0.1) is 0 Å². The summed E-state index contributed by atoms with van der Waals surface area (Å²) in [6, 6.07) is 8.62. The van der Waals surface area contributed by atoms with Gasteiger partial charge in [0, 0.05) is 0 Å². The highest BCUT2D eigenvalue weighted by molar-refractivity contribution is 5.43. The molecule has 0 heterocycles. The van der Waals surface area contributed by atoms with Gasteiger partial charge in [0.2, 0.25) is 0 Å². The van der Waals surface area contributed by atoms with Crippen molar-refractivity contribution in [1.82, 2.24) is 0 Å². The summed E-state index contributed by atoms with van der Waals surface area (Å²) in [4.78, 5) is 4.86. The van der Waals surface area contributed by atoms with Crippen LogP contribution in [0.4, 0.5) is 5.69 Å². The van der Waals surface area contributed by atoms with Crippen molar-refractivity contribution < 1.29 is 4.84 Å². The zero-order chi connectivity index (χ0) is 10.5. The lowest BCUT2D eigenvalue weighted by atomic mass is 9.84. The van der Waals surface area contributed by atoms with Crippen LogP contribution in [0.5, 0.6) is 0 Å². The summed E-state index contributed by atoms with van der Waals surface area (Å²) >= 11 is 0. The first-order chi connectivity index (χ1) is 7.40. The van der Waals surface area contributed by atoms with Crippen molar-refractivity contribution in [1.29, 1.82) is 0 Å². The molecule has 1 aliphatic rings. The van der Waals surface area contributed by atoms with Gasteiger partial charge in [0.1, 0.15) is 0 Å². The van der Waals surface area contributed by atoms with Crippen LogP contribution >= 0.6 is 0 Å². The normalized spacial score (nSPS) is 17.7. The summed E-state index contributed by atoms with van der Waals surface area (Å²) in [5.41, 5.74) is 5.35. The van der Waals surface area contributed by atoms with Crippen LogP contribution in [0.25, 0.3) is 0 Å². The topological polar surface area (TPSA) is 21.3 Å². The van der Waals surface area contributed by atoms with Gasteiger partial charge < -0.3 is 0 Å². The van der Waals surface area contributed by atoms with Crippen molar-refractivity contribution >= 4 is 5.69 Å². The number of rotatable bonds is 3. The maximum atomic E-state index is 4.86. The van der Waals surface area contributed by atoms with Crippen molar-refractivity contribution in [3.8, 4) is 0 Å². The van der Waals surface area contributed by atoms with E-state index in [1.165, 1.54) is 37.7 Å². The molecule has 2 rings (SSSR count). The van der Waals surface area contributed by atoms with Gasteiger partial charge >= 0.3 is 0 Å². The SMILES string of the molecule is CONc1ccc(C2CCCCC2)cc1. The summed E-state index contributed by atoms with van der Waals surface area (Å²) in [5, 5.41) is 0. The second-order valence-electron chi connectivity index (χ2n) is 4.26. The van der Waals surface area contributed by atoms with Crippen LogP contribution in [0.2, 0.25) is 0 Å². The Morgan fingerprint density at radius 2 is 1.73 bits per heavy atom. The third-order valence-corrected chi connectivity index (χ3v) is 3.21. The highest BCUT2D eigenvalue weighted by atomic mass is 16.6. The summed E-state index contributed by atoms with van der Waals surface area (Å²) < 4.78 is 0. The molecule has 82 valence electrons. The fourth-order valence-corrected chi connectivity index (χ4v) is 2.38.